The Kier molecular flexibility index (Phi) is 3.64. The molecule has 0 saturated carbocycles. The Labute approximate surface area is 128 Å². The molecule has 3 aliphatic heterocycles. The highest BCUT2D eigenvalue weighted by atomic mass is 16.8. The smallest absolute Gasteiger partial charge is 0.254 e. The zero-order chi connectivity index (χ0) is 16.1. The average Bonchev–Trinajstić information content (AvgIpc) is 2.97. The molecule has 7 heteroatoms. The highest BCUT2D eigenvalue weighted by molar-refractivity contribution is 6.13. The van der Waals surface area contributed by atoms with Gasteiger partial charge in [-0.05, 0) is 33.8 Å². The van der Waals surface area contributed by atoms with Crippen LogP contribution in [-0.4, -0.2) is 48.3 Å². The van der Waals surface area contributed by atoms with Crippen molar-refractivity contribution in [2.24, 2.45) is 0 Å². The lowest BCUT2D eigenvalue weighted by Crippen LogP contribution is -2.37. The number of rotatable bonds is 2. The van der Waals surface area contributed by atoms with Crippen LogP contribution >= 0.6 is 0 Å². The molecule has 0 aromatic carbocycles. The third-order valence-electron chi connectivity index (χ3n) is 3.82. The largest absolute Gasteiger partial charge is 0.348 e. The van der Waals surface area contributed by atoms with E-state index < -0.39 is 23.8 Å². The van der Waals surface area contributed by atoms with Crippen LogP contribution in [0.4, 0.5) is 0 Å². The van der Waals surface area contributed by atoms with Crippen molar-refractivity contribution in [1.29, 1.82) is 0 Å². The van der Waals surface area contributed by atoms with E-state index in [-0.39, 0.29) is 24.3 Å². The molecule has 3 heterocycles. The normalized spacial score (nSPS) is 38.7. The summed E-state index contributed by atoms with van der Waals surface area (Å²) in [6.45, 7) is 7.68. The molecule has 0 radical (unpaired) electrons. The van der Waals surface area contributed by atoms with Gasteiger partial charge in [0, 0.05) is 5.57 Å². The summed E-state index contributed by atoms with van der Waals surface area (Å²) in [6.07, 6.45) is 0.573. The Morgan fingerprint density at radius 1 is 1.09 bits per heavy atom. The summed E-state index contributed by atoms with van der Waals surface area (Å²) < 4.78 is 23.2. The van der Waals surface area contributed by atoms with Crippen LogP contribution in [-0.2, 0) is 28.5 Å². The summed E-state index contributed by atoms with van der Waals surface area (Å²) in [6, 6.07) is 0. The lowest BCUT2D eigenvalue weighted by Gasteiger charge is -2.23. The second kappa shape index (κ2) is 5.13. The maximum Gasteiger partial charge on any atom is 0.254 e. The van der Waals surface area contributed by atoms with Crippen molar-refractivity contribution in [2.75, 3.05) is 6.61 Å². The topological polar surface area (TPSA) is 83.1 Å². The summed E-state index contributed by atoms with van der Waals surface area (Å²) in [7, 11) is 0. The molecule has 2 amide bonds. The van der Waals surface area contributed by atoms with E-state index in [0.29, 0.717) is 12.2 Å². The number of carbonyl (C=O) groups is 2. The summed E-state index contributed by atoms with van der Waals surface area (Å²) in [4.78, 5) is 23.0. The summed E-state index contributed by atoms with van der Waals surface area (Å²) in [5, 5.41) is 2.26. The highest BCUT2D eigenvalue weighted by Crippen LogP contribution is 2.36. The Hall–Kier alpha value is -1.28. The van der Waals surface area contributed by atoms with Crippen LogP contribution in [0.25, 0.3) is 0 Å². The van der Waals surface area contributed by atoms with Crippen LogP contribution in [0.2, 0.25) is 0 Å². The van der Waals surface area contributed by atoms with E-state index in [1.54, 1.807) is 19.9 Å². The molecule has 3 fully saturated rings. The molecule has 0 aromatic heterocycles. The lowest BCUT2D eigenvalue weighted by molar-refractivity contribution is -0.174. The molecule has 0 unspecified atom stereocenters. The average molecular weight is 311 g/mol. The van der Waals surface area contributed by atoms with Crippen molar-refractivity contribution in [3.8, 4) is 0 Å². The van der Waals surface area contributed by atoms with E-state index in [0.717, 1.165) is 0 Å². The molecule has 0 spiro atoms. The van der Waals surface area contributed by atoms with Crippen LogP contribution in [0.1, 0.15) is 34.1 Å². The van der Waals surface area contributed by atoms with E-state index >= 15 is 0 Å². The van der Waals surface area contributed by atoms with E-state index in [1.807, 2.05) is 13.8 Å². The van der Waals surface area contributed by atoms with Gasteiger partial charge < -0.3 is 18.9 Å². The van der Waals surface area contributed by atoms with Crippen molar-refractivity contribution in [3.05, 3.63) is 11.6 Å². The van der Waals surface area contributed by atoms with E-state index in [1.165, 1.54) is 0 Å². The number of hydrogen-bond acceptors (Lipinski definition) is 6. The van der Waals surface area contributed by atoms with Gasteiger partial charge in [0.05, 0.1) is 13.0 Å². The van der Waals surface area contributed by atoms with Gasteiger partial charge in [-0.15, -0.1) is 0 Å². The zero-order valence-electron chi connectivity index (χ0n) is 13.2. The fourth-order valence-electron chi connectivity index (χ4n) is 2.95. The minimum absolute atomic E-state index is 0.0688. The van der Waals surface area contributed by atoms with Crippen molar-refractivity contribution < 1.29 is 28.5 Å². The van der Waals surface area contributed by atoms with Gasteiger partial charge in [0.2, 0.25) is 5.91 Å². The van der Waals surface area contributed by atoms with Crippen molar-refractivity contribution in [3.63, 3.8) is 0 Å². The predicted octanol–water partition coefficient (Wildman–Crippen LogP) is 0.631. The molecule has 122 valence electrons. The first-order valence-corrected chi connectivity index (χ1v) is 7.37. The second-order valence-corrected chi connectivity index (χ2v) is 6.68. The third-order valence-corrected chi connectivity index (χ3v) is 3.82. The molecule has 7 nitrogen and oxygen atoms in total. The van der Waals surface area contributed by atoms with Crippen LogP contribution in [0, 0.1) is 0 Å². The van der Waals surface area contributed by atoms with Crippen molar-refractivity contribution in [1.82, 2.24) is 5.32 Å². The number of hydrogen-bond donors (Lipinski definition) is 1. The Morgan fingerprint density at radius 3 is 2.36 bits per heavy atom. The maximum atomic E-state index is 11.7. The van der Waals surface area contributed by atoms with Crippen molar-refractivity contribution in [2.45, 2.75) is 64.0 Å². The highest BCUT2D eigenvalue weighted by Gasteiger charge is 2.49. The fourth-order valence-corrected chi connectivity index (χ4v) is 2.95. The van der Waals surface area contributed by atoms with Gasteiger partial charge in [0.1, 0.15) is 18.3 Å². The summed E-state index contributed by atoms with van der Waals surface area (Å²) >= 11 is 0. The Bertz CT molecular complexity index is 538. The SMILES string of the molecule is CC1(C)O[C@H]([C@H]2COC(C)(C)O2)[C@H](/C=C2/CC(=O)NC2=O)O1. The standard InChI is InChI=1S/C15H21NO6/c1-14(2)19-7-10(21-14)12-9(20-15(3,4)22-12)5-8-6-11(17)16-13(8)18/h5,9-10,12H,6-7H2,1-4H3,(H,16,17,18)/b8-5-/t9-,10+,12-/m0/s1. The molecule has 3 aliphatic rings. The van der Waals surface area contributed by atoms with Crippen LogP contribution in [0.15, 0.2) is 11.6 Å². The lowest BCUT2D eigenvalue weighted by atomic mass is 10.0. The quantitative estimate of drug-likeness (QED) is 0.595. The first-order valence-electron chi connectivity index (χ1n) is 7.37. The van der Waals surface area contributed by atoms with Gasteiger partial charge in [-0.1, -0.05) is 0 Å². The molecule has 3 rings (SSSR count). The summed E-state index contributed by atoms with van der Waals surface area (Å²) in [5.74, 6) is -2.13. The van der Waals surface area contributed by atoms with Gasteiger partial charge in [-0.3, -0.25) is 14.9 Å². The number of amides is 2. The predicted molar refractivity (Wildman–Crippen MR) is 74.6 cm³/mol. The molecule has 3 saturated heterocycles. The number of ether oxygens (including phenoxy) is 4. The maximum absolute atomic E-state index is 11.7. The van der Waals surface area contributed by atoms with Gasteiger partial charge in [0.15, 0.2) is 11.6 Å². The summed E-state index contributed by atoms with van der Waals surface area (Å²) in [5.41, 5.74) is 0.402. The molecular formula is C15H21NO6. The second-order valence-electron chi connectivity index (χ2n) is 6.68. The molecule has 0 aromatic rings. The molecule has 1 N–H and O–H groups in total. The fraction of sp³-hybridized carbons (Fsp3) is 0.733. The first-order chi connectivity index (χ1) is 10.2. The van der Waals surface area contributed by atoms with Crippen LogP contribution in [0.5, 0.6) is 0 Å². The van der Waals surface area contributed by atoms with E-state index in [2.05, 4.69) is 5.32 Å². The van der Waals surface area contributed by atoms with Gasteiger partial charge in [-0.2, -0.15) is 0 Å². The zero-order valence-corrected chi connectivity index (χ0v) is 13.2. The number of carbonyl (C=O) groups excluding carboxylic acids is 2. The Balaban J connectivity index is 1.80. The van der Waals surface area contributed by atoms with E-state index in [4.69, 9.17) is 18.9 Å². The molecule has 0 aliphatic carbocycles. The first kappa shape index (κ1) is 15.6. The number of nitrogens with one attached hydrogen (secondary N) is 1. The van der Waals surface area contributed by atoms with Crippen LogP contribution in [0.3, 0.4) is 0 Å². The number of imide groups is 1. The van der Waals surface area contributed by atoms with E-state index in [9.17, 15) is 9.59 Å². The molecule has 22 heavy (non-hydrogen) atoms. The van der Waals surface area contributed by atoms with Gasteiger partial charge in [-0.25, -0.2) is 0 Å². The molecule has 0 bridgehead atoms. The van der Waals surface area contributed by atoms with Gasteiger partial charge in [0.25, 0.3) is 5.91 Å². The third kappa shape index (κ3) is 3.08. The van der Waals surface area contributed by atoms with Crippen molar-refractivity contribution >= 4 is 11.8 Å². The molecule has 3 atom stereocenters. The minimum atomic E-state index is -0.790. The Morgan fingerprint density at radius 2 is 1.82 bits per heavy atom. The minimum Gasteiger partial charge on any atom is -0.348 e. The molecular weight excluding hydrogens is 290 g/mol. The monoisotopic (exact) mass is 311 g/mol. The van der Waals surface area contributed by atoms with Gasteiger partial charge >= 0.3 is 0 Å². The van der Waals surface area contributed by atoms with Crippen LogP contribution < -0.4 is 5.32 Å².